The molecule has 2 aromatic rings. The molecule has 0 saturated heterocycles. The Kier molecular flexibility index (Phi) is 3.66. The summed E-state index contributed by atoms with van der Waals surface area (Å²) in [5.41, 5.74) is 0.820. The topological polar surface area (TPSA) is 79.6 Å². The van der Waals surface area contributed by atoms with E-state index >= 15 is 0 Å². The third-order valence-electron chi connectivity index (χ3n) is 2.15. The fourth-order valence-electron chi connectivity index (χ4n) is 1.34. The van der Waals surface area contributed by atoms with Crippen LogP contribution in [-0.4, -0.2) is 33.5 Å². The van der Waals surface area contributed by atoms with Crippen LogP contribution in [0.15, 0.2) is 16.8 Å². The number of hydrogen-bond donors (Lipinski definition) is 2. The van der Waals surface area contributed by atoms with Gasteiger partial charge in [0.15, 0.2) is 0 Å². The first-order valence-electron chi connectivity index (χ1n) is 5.42. The second-order valence-corrected chi connectivity index (χ2v) is 3.49. The molecule has 2 N–H and O–H groups in total. The normalized spacial score (nSPS) is 10.8. The highest BCUT2D eigenvalue weighted by Gasteiger charge is 2.08. The van der Waals surface area contributed by atoms with Crippen molar-refractivity contribution in [2.24, 2.45) is 0 Å². The van der Waals surface area contributed by atoms with Crippen molar-refractivity contribution in [1.82, 2.24) is 25.7 Å². The fraction of sp³-hybridized carbons (Fsp3) is 0.500. The minimum atomic E-state index is 0.513. The molecule has 2 heterocycles. The second-order valence-electron chi connectivity index (χ2n) is 3.49. The van der Waals surface area contributed by atoms with Gasteiger partial charge in [0.05, 0.1) is 11.8 Å². The molecule has 0 saturated carbocycles. The minimum absolute atomic E-state index is 0.513. The van der Waals surface area contributed by atoms with Crippen LogP contribution in [0.5, 0.6) is 0 Å². The molecular weight excluding hydrogens is 206 g/mol. The minimum Gasteiger partial charge on any atom is -0.421 e. The zero-order valence-electron chi connectivity index (χ0n) is 9.23. The van der Waals surface area contributed by atoms with Crippen molar-refractivity contribution in [2.45, 2.75) is 19.8 Å². The molecule has 0 aromatic carbocycles. The molecule has 0 aliphatic heterocycles. The number of nitrogens with one attached hydrogen (secondary N) is 2. The van der Waals surface area contributed by atoms with Crippen LogP contribution >= 0.6 is 0 Å². The van der Waals surface area contributed by atoms with Crippen LogP contribution in [-0.2, 0) is 6.42 Å². The number of hydrogen-bond acceptors (Lipinski definition) is 5. The maximum atomic E-state index is 5.49. The Morgan fingerprint density at radius 2 is 2.31 bits per heavy atom. The van der Waals surface area contributed by atoms with Crippen molar-refractivity contribution in [3.05, 3.63) is 18.3 Å². The summed E-state index contributed by atoms with van der Waals surface area (Å²) in [6.45, 7) is 4.01. The van der Waals surface area contributed by atoms with E-state index in [1.54, 1.807) is 12.4 Å². The van der Waals surface area contributed by atoms with Gasteiger partial charge in [0.1, 0.15) is 0 Å². The van der Waals surface area contributed by atoms with E-state index in [-0.39, 0.29) is 0 Å². The predicted octanol–water partition coefficient (Wildman–Crippen LogP) is 1.00. The summed E-state index contributed by atoms with van der Waals surface area (Å²) in [4.78, 5) is 0. The highest BCUT2D eigenvalue weighted by molar-refractivity contribution is 5.48. The third-order valence-corrected chi connectivity index (χ3v) is 2.15. The average Bonchev–Trinajstić information content (AvgIpc) is 2.94. The molecule has 16 heavy (non-hydrogen) atoms. The SMILES string of the molecule is CCCNCCc1nnc(-c2cn[nH]c2)o1. The first-order chi connectivity index (χ1) is 7.90. The van der Waals surface area contributed by atoms with Gasteiger partial charge in [-0.3, -0.25) is 5.10 Å². The predicted molar refractivity (Wildman–Crippen MR) is 58.7 cm³/mol. The van der Waals surface area contributed by atoms with E-state index < -0.39 is 0 Å². The van der Waals surface area contributed by atoms with E-state index in [0.717, 1.165) is 31.5 Å². The molecule has 0 fully saturated rings. The molecule has 86 valence electrons. The van der Waals surface area contributed by atoms with Gasteiger partial charge in [-0.05, 0) is 13.0 Å². The number of rotatable bonds is 6. The molecule has 0 unspecified atom stereocenters. The molecule has 0 spiro atoms. The largest absolute Gasteiger partial charge is 0.421 e. The number of nitrogens with zero attached hydrogens (tertiary/aromatic N) is 3. The molecular formula is C10H15N5O. The summed E-state index contributed by atoms with van der Waals surface area (Å²) in [7, 11) is 0. The van der Waals surface area contributed by atoms with Crippen LogP contribution < -0.4 is 5.32 Å². The summed E-state index contributed by atoms with van der Waals surface area (Å²) >= 11 is 0. The van der Waals surface area contributed by atoms with Crippen LogP contribution in [0.25, 0.3) is 11.5 Å². The lowest BCUT2D eigenvalue weighted by Gasteiger charge is -1.98. The quantitative estimate of drug-likeness (QED) is 0.711. The first-order valence-corrected chi connectivity index (χ1v) is 5.42. The Balaban J connectivity index is 1.88. The Bertz CT molecular complexity index is 409. The summed E-state index contributed by atoms with van der Waals surface area (Å²) in [6, 6.07) is 0. The van der Waals surface area contributed by atoms with Gasteiger partial charge in [-0.15, -0.1) is 10.2 Å². The summed E-state index contributed by atoms with van der Waals surface area (Å²) in [5, 5.41) is 17.7. The Morgan fingerprint density at radius 1 is 1.38 bits per heavy atom. The number of aromatic nitrogens is 4. The zero-order chi connectivity index (χ0) is 11.2. The summed E-state index contributed by atoms with van der Waals surface area (Å²) in [5.74, 6) is 1.17. The molecule has 0 aliphatic carbocycles. The highest BCUT2D eigenvalue weighted by Crippen LogP contribution is 2.15. The van der Waals surface area contributed by atoms with Crippen molar-refractivity contribution >= 4 is 0 Å². The molecule has 0 aliphatic rings. The molecule has 2 aromatic heterocycles. The second kappa shape index (κ2) is 5.41. The number of H-pyrrole nitrogens is 1. The van der Waals surface area contributed by atoms with Crippen molar-refractivity contribution < 1.29 is 4.42 Å². The molecule has 0 radical (unpaired) electrons. The van der Waals surface area contributed by atoms with Crippen LogP contribution in [0.4, 0.5) is 0 Å². The van der Waals surface area contributed by atoms with Gasteiger partial charge in [-0.1, -0.05) is 6.92 Å². The lowest BCUT2D eigenvalue weighted by atomic mass is 10.4. The zero-order valence-corrected chi connectivity index (χ0v) is 9.23. The van der Waals surface area contributed by atoms with Gasteiger partial charge in [0, 0.05) is 19.2 Å². The van der Waals surface area contributed by atoms with Gasteiger partial charge < -0.3 is 9.73 Å². The van der Waals surface area contributed by atoms with Crippen LogP contribution in [0.1, 0.15) is 19.2 Å². The van der Waals surface area contributed by atoms with Crippen molar-refractivity contribution in [1.29, 1.82) is 0 Å². The smallest absolute Gasteiger partial charge is 0.250 e. The lowest BCUT2D eigenvalue weighted by Crippen LogP contribution is -2.17. The molecule has 0 bridgehead atoms. The fourth-order valence-corrected chi connectivity index (χ4v) is 1.34. The van der Waals surface area contributed by atoms with Crippen LogP contribution in [0, 0.1) is 0 Å². The van der Waals surface area contributed by atoms with Gasteiger partial charge >= 0.3 is 0 Å². The van der Waals surface area contributed by atoms with E-state index in [1.165, 1.54) is 0 Å². The third kappa shape index (κ3) is 2.66. The molecule has 2 rings (SSSR count). The van der Waals surface area contributed by atoms with Crippen LogP contribution in [0.2, 0.25) is 0 Å². The molecule has 6 heteroatoms. The van der Waals surface area contributed by atoms with Gasteiger partial charge in [-0.2, -0.15) is 5.10 Å². The van der Waals surface area contributed by atoms with Gasteiger partial charge in [-0.25, -0.2) is 0 Å². The standard InChI is InChI=1S/C10H15N5O/c1-2-4-11-5-3-9-14-15-10(16-9)8-6-12-13-7-8/h6-7,11H,2-5H2,1H3,(H,12,13). The Morgan fingerprint density at radius 3 is 3.06 bits per heavy atom. The molecule has 0 atom stereocenters. The lowest BCUT2D eigenvalue weighted by molar-refractivity contribution is 0.494. The van der Waals surface area contributed by atoms with Gasteiger partial charge in [0.25, 0.3) is 5.89 Å². The first kappa shape index (κ1) is 10.8. The molecule has 6 nitrogen and oxygen atoms in total. The average molecular weight is 221 g/mol. The van der Waals surface area contributed by atoms with E-state index in [9.17, 15) is 0 Å². The Labute approximate surface area is 93.5 Å². The van der Waals surface area contributed by atoms with E-state index in [4.69, 9.17) is 4.42 Å². The van der Waals surface area contributed by atoms with Crippen molar-refractivity contribution in [3.8, 4) is 11.5 Å². The number of aromatic amines is 1. The van der Waals surface area contributed by atoms with E-state index in [1.807, 2.05) is 0 Å². The summed E-state index contributed by atoms with van der Waals surface area (Å²) < 4.78 is 5.49. The van der Waals surface area contributed by atoms with E-state index in [2.05, 4.69) is 32.6 Å². The maximum absolute atomic E-state index is 5.49. The van der Waals surface area contributed by atoms with Crippen molar-refractivity contribution in [3.63, 3.8) is 0 Å². The van der Waals surface area contributed by atoms with Crippen molar-refractivity contribution in [2.75, 3.05) is 13.1 Å². The maximum Gasteiger partial charge on any atom is 0.250 e. The van der Waals surface area contributed by atoms with E-state index in [0.29, 0.717) is 11.8 Å². The highest BCUT2D eigenvalue weighted by atomic mass is 16.4. The van der Waals surface area contributed by atoms with Gasteiger partial charge in [0.2, 0.25) is 5.89 Å². The summed E-state index contributed by atoms with van der Waals surface area (Å²) in [6.07, 6.45) is 5.27. The van der Waals surface area contributed by atoms with Crippen LogP contribution in [0.3, 0.4) is 0 Å². The Hall–Kier alpha value is -1.69. The molecule has 0 amide bonds. The monoisotopic (exact) mass is 221 g/mol.